The summed E-state index contributed by atoms with van der Waals surface area (Å²) in [6.07, 6.45) is 1.69. The largest absolute Gasteiger partial charge is 0.459 e. The molecule has 3 rings (SSSR count). The minimum atomic E-state index is -0.508. The summed E-state index contributed by atoms with van der Waals surface area (Å²) in [4.78, 5) is 12.2. The monoisotopic (exact) mass is 317 g/mol. The minimum absolute atomic E-state index is 0.123. The molecule has 0 bridgehead atoms. The van der Waals surface area contributed by atoms with E-state index in [1.54, 1.807) is 6.92 Å². The van der Waals surface area contributed by atoms with E-state index in [0.29, 0.717) is 6.61 Å². The molecule has 1 N–H and O–H groups in total. The molecule has 1 amide bonds. The van der Waals surface area contributed by atoms with Crippen LogP contribution in [0.4, 0.5) is 0 Å². The Hall–Kier alpha value is -1.85. The maximum absolute atomic E-state index is 12.2. The van der Waals surface area contributed by atoms with Crippen LogP contribution in [0.2, 0.25) is 0 Å². The first-order valence-corrected chi connectivity index (χ1v) is 8.15. The van der Waals surface area contributed by atoms with E-state index in [9.17, 15) is 4.79 Å². The van der Waals surface area contributed by atoms with Gasteiger partial charge in [-0.05, 0) is 38.8 Å². The predicted octanol–water partition coefficient (Wildman–Crippen LogP) is 3.19. The molecule has 0 spiro atoms. The van der Waals surface area contributed by atoms with Crippen molar-refractivity contribution in [3.05, 3.63) is 36.1 Å². The van der Waals surface area contributed by atoms with Gasteiger partial charge in [0.05, 0.1) is 18.8 Å². The third-order valence-electron chi connectivity index (χ3n) is 4.16. The molecule has 1 saturated heterocycles. The van der Waals surface area contributed by atoms with Crippen molar-refractivity contribution in [1.29, 1.82) is 0 Å². The highest BCUT2D eigenvalue weighted by atomic mass is 16.5. The number of nitrogens with one attached hydrogen (secondary N) is 1. The molecule has 5 heteroatoms. The smallest absolute Gasteiger partial charge is 0.249 e. The number of hydrogen-bond donors (Lipinski definition) is 1. The molecule has 0 unspecified atom stereocenters. The summed E-state index contributed by atoms with van der Waals surface area (Å²) in [7, 11) is 0. The quantitative estimate of drug-likeness (QED) is 0.889. The van der Waals surface area contributed by atoms with Crippen molar-refractivity contribution in [1.82, 2.24) is 5.32 Å². The molecule has 0 saturated carbocycles. The zero-order chi connectivity index (χ0) is 16.2. The van der Waals surface area contributed by atoms with Gasteiger partial charge in [0.15, 0.2) is 0 Å². The van der Waals surface area contributed by atoms with E-state index < -0.39 is 6.10 Å². The Balaban J connectivity index is 1.53. The number of rotatable bonds is 6. The lowest BCUT2D eigenvalue weighted by atomic mass is 10.2. The molecule has 2 aromatic rings. The van der Waals surface area contributed by atoms with Gasteiger partial charge in [0.2, 0.25) is 5.91 Å². The van der Waals surface area contributed by atoms with Gasteiger partial charge in [-0.1, -0.05) is 18.2 Å². The Kier molecular flexibility index (Phi) is 4.98. The van der Waals surface area contributed by atoms with Gasteiger partial charge < -0.3 is 19.2 Å². The Labute approximate surface area is 135 Å². The van der Waals surface area contributed by atoms with Crippen LogP contribution in [0.25, 0.3) is 11.0 Å². The molecule has 124 valence electrons. The number of benzene rings is 1. The number of fused-ring (bicyclic) bond motifs is 1. The molecule has 1 aliphatic rings. The Bertz CT molecular complexity index is 627. The number of amides is 1. The van der Waals surface area contributed by atoms with Crippen molar-refractivity contribution in [2.24, 2.45) is 0 Å². The number of carbonyl (C=O) groups is 1. The van der Waals surface area contributed by atoms with E-state index in [0.717, 1.165) is 36.2 Å². The number of furan rings is 1. The molecule has 0 aliphatic carbocycles. The van der Waals surface area contributed by atoms with Crippen LogP contribution >= 0.6 is 0 Å². The summed E-state index contributed by atoms with van der Waals surface area (Å²) < 4.78 is 16.9. The first-order chi connectivity index (χ1) is 11.1. The van der Waals surface area contributed by atoms with Crippen molar-refractivity contribution < 1.29 is 18.7 Å². The molecule has 23 heavy (non-hydrogen) atoms. The van der Waals surface area contributed by atoms with Crippen LogP contribution in [0.5, 0.6) is 0 Å². The Morgan fingerprint density at radius 3 is 2.96 bits per heavy atom. The second-order valence-electron chi connectivity index (χ2n) is 6.03. The van der Waals surface area contributed by atoms with Crippen molar-refractivity contribution in [2.75, 3.05) is 13.2 Å². The zero-order valence-electron chi connectivity index (χ0n) is 13.6. The Morgan fingerprint density at radius 1 is 1.39 bits per heavy atom. The lowest BCUT2D eigenvalue weighted by Crippen LogP contribution is -2.37. The number of ether oxygens (including phenoxy) is 2. The van der Waals surface area contributed by atoms with E-state index >= 15 is 0 Å². The number of carbonyl (C=O) groups excluding carboxylic acids is 1. The Morgan fingerprint density at radius 2 is 2.22 bits per heavy atom. The van der Waals surface area contributed by atoms with Gasteiger partial charge in [0, 0.05) is 12.0 Å². The second kappa shape index (κ2) is 7.15. The fourth-order valence-electron chi connectivity index (χ4n) is 2.72. The summed E-state index contributed by atoms with van der Waals surface area (Å²) in [5.41, 5.74) is 0.825. The van der Waals surface area contributed by atoms with Crippen LogP contribution in [-0.4, -0.2) is 31.3 Å². The van der Waals surface area contributed by atoms with E-state index in [4.69, 9.17) is 13.9 Å². The fraction of sp³-hybridized carbons (Fsp3) is 0.500. The van der Waals surface area contributed by atoms with Gasteiger partial charge in [-0.15, -0.1) is 0 Å². The van der Waals surface area contributed by atoms with Crippen molar-refractivity contribution in [3.8, 4) is 0 Å². The van der Waals surface area contributed by atoms with Gasteiger partial charge >= 0.3 is 0 Å². The van der Waals surface area contributed by atoms with Crippen molar-refractivity contribution in [2.45, 2.75) is 44.9 Å². The zero-order valence-corrected chi connectivity index (χ0v) is 13.6. The highest BCUT2D eigenvalue weighted by Crippen LogP contribution is 2.23. The molecule has 0 radical (unpaired) electrons. The second-order valence-corrected chi connectivity index (χ2v) is 6.03. The summed E-state index contributed by atoms with van der Waals surface area (Å²) in [5, 5.41) is 3.97. The predicted molar refractivity (Wildman–Crippen MR) is 87.2 cm³/mol. The van der Waals surface area contributed by atoms with Crippen molar-refractivity contribution in [3.63, 3.8) is 0 Å². The maximum Gasteiger partial charge on any atom is 0.249 e. The van der Waals surface area contributed by atoms with Gasteiger partial charge in [-0.3, -0.25) is 4.79 Å². The van der Waals surface area contributed by atoms with E-state index in [1.807, 2.05) is 37.3 Å². The van der Waals surface area contributed by atoms with E-state index in [2.05, 4.69) is 5.32 Å². The standard InChI is InChI=1S/C18H23NO4/c1-12(17-10-14-6-3-4-8-16(14)23-17)19-18(20)13(2)22-11-15-7-5-9-21-15/h3-4,6,8,10,12-13,15H,5,7,9,11H2,1-2H3,(H,19,20)/t12-,13-,15+/m0/s1. The molecule has 3 atom stereocenters. The first-order valence-electron chi connectivity index (χ1n) is 8.15. The molecule has 1 aromatic carbocycles. The highest BCUT2D eigenvalue weighted by molar-refractivity contribution is 5.81. The van der Waals surface area contributed by atoms with Gasteiger partial charge in [0.25, 0.3) is 0 Å². The molecule has 1 fully saturated rings. The average Bonchev–Trinajstić information content (AvgIpc) is 3.21. The molecule has 5 nitrogen and oxygen atoms in total. The lowest BCUT2D eigenvalue weighted by Gasteiger charge is -2.18. The van der Waals surface area contributed by atoms with E-state index in [1.165, 1.54) is 0 Å². The minimum Gasteiger partial charge on any atom is -0.459 e. The molecular weight excluding hydrogens is 294 g/mol. The summed E-state index contributed by atoms with van der Waals surface area (Å²) in [5.74, 6) is 0.599. The summed E-state index contributed by atoms with van der Waals surface area (Å²) in [6, 6.07) is 9.55. The van der Waals surface area contributed by atoms with E-state index in [-0.39, 0.29) is 18.1 Å². The normalized spacial score (nSPS) is 20.5. The lowest BCUT2D eigenvalue weighted by molar-refractivity contribution is -0.134. The summed E-state index contributed by atoms with van der Waals surface area (Å²) in [6.45, 7) is 4.92. The summed E-state index contributed by atoms with van der Waals surface area (Å²) >= 11 is 0. The molecule has 1 aromatic heterocycles. The third kappa shape index (κ3) is 3.92. The van der Waals surface area contributed by atoms with Gasteiger partial charge in [-0.25, -0.2) is 0 Å². The third-order valence-corrected chi connectivity index (χ3v) is 4.16. The average molecular weight is 317 g/mol. The number of hydrogen-bond acceptors (Lipinski definition) is 4. The van der Waals surface area contributed by atoms with Crippen LogP contribution in [0.3, 0.4) is 0 Å². The van der Waals surface area contributed by atoms with Gasteiger partial charge in [-0.2, -0.15) is 0 Å². The number of para-hydroxylation sites is 1. The van der Waals surface area contributed by atoms with Crippen LogP contribution in [0, 0.1) is 0 Å². The van der Waals surface area contributed by atoms with Gasteiger partial charge in [0.1, 0.15) is 17.4 Å². The van der Waals surface area contributed by atoms with Crippen LogP contribution in [0.15, 0.2) is 34.7 Å². The topological polar surface area (TPSA) is 60.7 Å². The maximum atomic E-state index is 12.2. The van der Waals surface area contributed by atoms with Crippen LogP contribution in [0.1, 0.15) is 38.5 Å². The van der Waals surface area contributed by atoms with Crippen molar-refractivity contribution >= 4 is 16.9 Å². The highest BCUT2D eigenvalue weighted by Gasteiger charge is 2.22. The SMILES string of the molecule is C[C@H](OC[C@H]1CCCO1)C(=O)N[C@@H](C)c1cc2ccccc2o1. The van der Waals surface area contributed by atoms with Crippen LogP contribution < -0.4 is 5.32 Å². The van der Waals surface area contributed by atoms with Crippen LogP contribution in [-0.2, 0) is 14.3 Å². The molecule has 1 aliphatic heterocycles. The fourth-order valence-corrected chi connectivity index (χ4v) is 2.72. The molecule has 2 heterocycles. The molecular formula is C18H23NO4. The first kappa shape index (κ1) is 16.0.